The Morgan fingerprint density at radius 3 is 1.91 bits per heavy atom. The van der Waals surface area contributed by atoms with Crippen molar-refractivity contribution in [2.24, 2.45) is 27.1 Å². The molecule has 0 bridgehead atoms. The van der Waals surface area contributed by atoms with Crippen LogP contribution in [0, 0.1) is 27.1 Å². The number of rotatable bonds is 13. The van der Waals surface area contributed by atoms with Crippen LogP contribution in [0.2, 0.25) is 0 Å². The third-order valence-electron chi connectivity index (χ3n) is 14.4. The lowest BCUT2D eigenvalue weighted by atomic mass is 9.73. The van der Waals surface area contributed by atoms with E-state index in [1.165, 1.54) is 13.0 Å². The number of likely N-dealkylation sites (tertiary alicyclic amines) is 2. The fourth-order valence-electron chi connectivity index (χ4n) is 10.4. The zero-order chi connectivity index (χ0) is 42.0. The van der Waals surface area contributed by atoms with Gasteiger partial charge in [-0.1, -0.05) is 74.3 Å². The molecule has 14 heteroatoms. The summed E-state index contributed by atoms with van der Waals surface area (Å²) in [5.41, 5.74) is -3.68. The first-order valence-corrected chi connectivity index (χ1v) is 22.4. The van der Waals surface area contributed by atoms with Crippen LogP contribution < -0.4 is 20.7 Å². The van der Waals surface area contributed by atoms with Crippen molar-refractivity contribution in [1.82, 2.24) is 30.5 Å². The minimum Gasteiger partial charge on any atom is -0.342 e. The second-order valence-corrected chi connectivity index (χ2v) is 22.7. The Morgan fingerprint density at radius 1 is 0.821 bits per heavy atom. The third kappa shape index (κ3) is 7.78. The summed E-state index contributed by atoms with van der Waals surface area (Å²) in [5.74, 6) is -2.51. The molecule has 316 valence electrons. The maximum absolute atomic E-state index is 15.1. The van der Waals surface area contributed by atoms with E-state index in [2.05, 4.69) is 59.8 Å². The van der Waals surface area contributed by atoms with Gasteiger partial charge in [0, 0.05) is 18.0 Å². The van der Waals surface area contributed by atoms with Crippen molar-refractivity contribution in [2.45, 2.75) is 181 Å². The van der Waals surface area contributed by atoms with E-state index in [9.17, 15) is 27.6 Å². The maximum Gasteiger partial charge on any atom is 0.259 e. The molecule has 13 nitrogen and oxygen atoms in total. The molecular formula is C42H70N6O7S. The molecule has 5 rings (SSSR count). The summed E-state index contributed by atoms with van der Waals surface area (Å²) in [7, 11) is -3.90. The number of carbonyl (C=O) groups excluding carboxylic acids is 5. The number of amides is 5. The first kappa shape index (κ1) is 44.1. The van der Waals surface area contributed by atoms with E-state index in [0.29, 0.717) is 32.2 Å². The van der Waals surface area contributed by atoms with Crippen LogP contribution in [0.25, 0.3) is 0 Å². The smallest absolute Gasteiger partial charge is 0.259 e. The van der Waals surface area contributed by atoms with E-state index in [1.807, 2.05) is 41.5 Å². The fraction of sp³-hybridized carbons (Fsp3) is 0.833. The quantitative estimate of drug-likeness (QED) is 0.201. The zero-order valence-electron chi connectivity index (χ0n) is 35.9. The molecule has 0 aromatic rings. The Morgan fingerprint density at radius 2 is 1.43 bits per heavy atom. The van der Waals surface area contributed by atoms with Crippen molar-refractivity contribution in [1.29, 1.82) is 0 Å². The van der Waals surface area contributed by atoms with Gasteiger partial charge in [-0.2, -0.15) is 0 Å². The molecule has 3 aliphatic carbocycles. The zero-order valence-corrected chi connectivity index (χ0v) is 36.7. The number of hydrogen-bond donors (Lipinski definition) is 4. The summed E-state index contributed by atoms with van der Waals surface area (Å²) >= 11 is 0. The number of piperidine rings is 1. The first-order valence-electron chi connectivity index (χ1n) is 20.9. The van der Waals surface area contributed by atoms with Crippen LogP contribution in [0.4, 0.5) is 0 Å². The average molecular weight is 803 g/mol. The topological polar surface area (TPSA) is 174 Å². The molecule has 56 heavy (non-hydrogen) atoms. The van der Waals surface area contributed by atoms with Crippen LogP contribution in [-0.4, -0.2) is 102 Å². The molecule has 5 fully saturated rings. The number of sulfonamides is 1. The molecule has 3 saturated carbocycles. The van der Waals surface area contributed by atoms with Gasteiger partial charge in [-0.3, -0.25) is 33.6 Å². The Labute approximate surface area is 335 Å². The van der Waals surface area contributed by atoms with Gasteiger partial charge in [0.1, 0.15) is 23.7 Å². The van der Waals surface area contributed by atoms with Gasteiger partial charge in [0.25, 0.3) is 5.91 Å². The van der Waals surface area contributed by atoms with Gasteiger partial charge in [-0.05, 0) is 100 Å². The highest BCUT2D eigenvalue weighted by atomic mass is 32.2. The number of carbonyl (C=O) groups is 5. The van der Waals surface area contributed by atoms with Crippen molar-refractivity contribution in [3.63, 3.8) is 0 Å². The van der Waals surface area contributed by atoms with Gasteiger partial charge in [0.15, 0.2) is 0 Å². The maximum atomic E-state index is 15.1. The molecule has 0 aromatic carbocycles. The van der Waals surface area contributed by atoms with Crippen molar-refractivity contribution in [3.05, 3.63) is 12.7 Å². The Kier molecular flexibility index (Phi) is 11.8. The van der Waals surface area contributed by atoms with Gasteiger partial charge in [-0.25, -0.2) is 8.42 Å². The third-order valence-corrected chi connectivity index (χ3v) is 16.2. The lowest BCUT2D eigenvalue weighted by Crippen LogP contribution is -2.64. The van der Waals surface area contributed by atoms with Gasteiger partial charge < -0.3 is 20.9 Å². The van der Waals surface area contributed by atoms with Crippen LogP contribution >= 0.6 is 0 Å². The van der Waals surface area contributed by atoms with Crippen LogP contribution in [0.15, 0.2) is 12.7 Å². The van der Waals surface area contributed by atoms with Crippen molar-refractivity contribution >= 4 is 39.6 Å². The lowest BCUT2D eigenvalue weighted by Gasteiger charge is -2.40. The summed E-state index contributed by atoms with van der Waals surface area (Å²) in [6.45, 7) is 26.2. The fourth-order valence-corrected chi connectivity index (χ4v) is 11.8. The standard InChI is InChI=1S/C42H70N6O7S/c1-13-20-40(12,36(53)46-56(54,55)27-18-19-27)45-33(50)29-24-42(39(10,11)41(42)21-16-22-41)25-48(29)35(52)31(38(7,8)9)44-34(51)30(37(4,5)6)43-32(49)28-17-14-15-23-47(28)26(2)3/h13,26-31H,1,14-25H2,2-12H3,(H,43,49)(H,44,51)(H,45,50)(H,46,53)/t28-,29-,30+,31+,40?,42+/m0/s1. The minimum absolute atomic E-state index is 0.0290. The monoisotopic (exact) mass is 803 g/mol. The van der Waals surface area contributed by atoms with E-state index in [1.54, 1.807) is 4.90 Å². The predicted molar refractivity (Wildman–Crippen MR) is 216 cm³/mol. The molecule has 5 aliphatic rings. The second-order valence-electron chi connectivity index (χ2n) is 20.8. The molecule has 2 aliphatic heterocycles. The molecule has 4 N–H and O–H groups in total. The van der Waals surface area contributed by atoms with Gasteiger partial charge >= 0.3 is 0 Å². The largest absolute Gasteiger partial charge is 0.342 e. The molecular weight excluding hydrogens is 733 g/mol. The van der Waals surface area contributed by atoms with Crippen molar-refractivity contribution in [2.75, 3.05) is 13.1 Å². The highest BCUT2D eigenvalue weighted by Crippen LogP contribution is 2.88. The Bertz CT molecular complexity index is 1710. The van der Waals surface area contributed by atoms with E-state index >= 15 is 4.79 Å². The Hall–Kier alpha value is -3.00. The summed E-state index contributed by atoms with van der Waals surface area (Å²) in [5, 5.41) is 8.35. The van der Waals surface area contributed by atoms with Crippen LogP contribution in [0.3, 0.4) is 0 Å². The molecule has 0 radical (unpaired) electrons. The van der Waals surface area contributed by atoms with Crippen LogP contribution in [0.1, 0.15) is 140 Å². The minimum atomic E-state index is -3.90. The summed E-state index contributed by atoms with van der Waals surface area (Å²) < 4.78 is 27.7. The molecule has 0 aromatic heterocycles. The summed E-state index contributed by atoms with van der Waals surface area (Å²) in [4.78, 5) is 75.3. The number of hydrogen-bond acceptors (Lipinski definition) is 8. The van der Waals surface area contributed by atoms with E-state index in [-0.39, 0.29) is 40.7 Å². The van der Waals surface area contributed by atoms with Crippen LogP contribution in [0.5, 0.6) is 0 Å². The van der Waals surface area contributed by atoms with Gasteiger partial charge in [-0.15, -0.1) is 6.58 Å². The summed E-state index contributed by atoms with van der Waals surface area (Å²) in [6.07, 6.45) is 8.43. The van der Waals surface area contributed by atoms with E-state index < -0.39 is 73.4 Å². The van der Waals surface area contributed by atoms with Crippen molar-refractivity contribution in [3.8, 4) is 0 Å². The number of nitrogens with zero attached hydrogens (tertiary/aromatic N) is 2. The van der Waals surface area contributed by atoms with Gasteiger partial charge in [0.2, 0.25) is 33.7 Å². The summed E-state index contributed by atoms with van der Waals surface area (Å²) in [6, 6.07) is -3.18. The number of nitrogens with one attached hydrogen (secondary N) is 4. The highest BCUT2D eigenvalue weighted by Gasteiger charge is 2.85. The first-order chi connectivity index (χ1) is 25.7. The molecule has 5 amide bonds. The van der Waals surface area contributed by atoms with E-state index in [4.69, 9.17) is 0 Å². The highest BCUT2D eigenvalue weighted by molar-refractivity contribution is 7.91. The average Bonchev–Trinajstić information content (AvgIpc) is 3.93. The number of fused-ring (bicyclic) bond motifs is 1. The van der Waals surface area contributed by atoms with Crippen molar-refractivity contribution < 1.29 is 32.4 Å². The van der Waals surface area contributed by atoms with Gasteiger partial charge in [0.05, 0.1) is 11.3 Å². The Balaban J connectivity index is 1.43. The molecule has 2 spiro atoms. The molecule has 2 heterocycles. The predicted octanol–water partition coefficient (Wildman–Crippen LogP) is 4.17. The molecule has 1 unspecified atom stereocenters. The lowest BCUT2D eigenvalue weighted by molar-refractivity contribution is -0.146. The second kappa shape index (κ2) is 15.0. The molecule has 6 atom stereocenters. The van der Waals surface area contributed by atoms with Crippen LogP contribution in [-0.2, 0) is 34.0 Å². The SMILES string of the molecule is C=CCC(C)(NC(=O)[C@@H]1C[C@@]2(CN1C(=O)[C@@H](NC(=O)[C@@H](NC(=O)[C@@H]1CCCCN1C(C)C)C(C)(C)C)C(C)(C)C)C(C)(C)C21CCC1)C(=O)NS(=O)(=O)C1CC1. The molecule has 2 saturated heterocycles. The van der Waals surface area contributed by atoms with E-state index in [0.717, 1.165) is 38.6 Å². The normalized spacial score (nSPS) is 28.1.